The van der Waals surface area contributed by atoms with E-state index in [1.54, 1.807) is 12.1 Å². The molecule has 3 N–H and O–H groups in total. The number of hydrogen-bond acceptors (Lipinski definition) is 4. The van der Waals surface area contributed by atoms with Crippen molar-refractivity contribution in [1.29, 1.82) is 0 Å². The van der Waals surface area contributed by atoms with E-state index < -0.39 is 11.9 Å². The zero-order valence-electron chi connectivity index (χ0n) is 12.1. The van der Waals surface area contributed by atoms with E-state index in [0.29, 0.717) is 24.4 Å². The number of aromatic nitrogens is 2. The zero-order valence-corrected chi connectivity index (χ0v) is 12.1. The average Bonchev–Trinajstić information content (AvgIpc) is 3.15. The Morgan fingerprint density at radius 2 is 2.30 bits per heavy atom. The Morgan fingerprint density at radius 1 is 1.43 bits per heavy atom. The Balaban J connectivity index is 1.57. The fourth-order valence-electron chi connectivity index (χ4n) is 2.23. The van der Waals surface area contributed by atoms with Crippen LogP contribution in [0.25, 0.3) is 0 Å². The van der Waals surface area contributed by atoms with Crippen molar-refractivity contribution in [2.75, 3.05) is 6.54 Å². The third-order valence-electron chi connectivity index (χ3n) is 3.41. The van der Waals surface area contributed by atoms with Crippen molar-refractivity contribution >= 4 is 11.8 Å². The number of hydrogen-bond donors (Lipinski definition) is 3. The molecule has 1 aliphatic rings. The summed E-state index contributed by atoms with van der Waals surface area (Å²) in [6, 6.07) is 6.77. The van der Waals surface area contributed by atoms with Gasteiger partial charge in [0, 0.05) is 12.6 Å². The predicted octanol–water partition coefficient (Wildman–Crippen LogP) is 0.746. The highest BCUT2D eigenvalue weighted by molar-refractivity contribution is 5.96. The van der Waals surface area contributed by atoms with Gasteiger partial charge < -0.3 is 15.4 Å². The molecule has 1 atom stereocenters. The van der Waals surface area contributed by atoms with Gasteiger partial charge in [0.15, 0.2) is 0 Å². The molecule has 2 amide bonds. The summed E-state index contributed by atoms with van der Waals surface area (Å²) < 4.78 is 18.5. The van der Waals surface area contributed by atoms with Crippen LogP contribution in [0.2, 0.25) is 0 Å². The Bertz CT molecular complexity index is 731. The lowest BCUT2D eigenvalue weighted by molar-refractivity contribution is -0.120. The molecule has 3 rings (SSSR count). The molecule has 0 saturated carbocycles. The Kier molecular flexibility index (Phi) is 4.22. The van der Waals surface area contributed by atoms with E-state index in [0.717, 1.165) is 0 Å². The van der Waals surface area contributed by atoms with Crippen LogP contribution in [0.15, 0.2) is 30.3 Å². The Morgan fingerprint density at radius 3 is 3.04 bits per heavy atom. The molecule has 2 aromatic rings. The van der Waals surface area contributed by atoms with E-state index in [4.69, 9.17) is 4.74 Å². The normalized spacial score (nSPS) is 16.9. The average molecular weight is 318 g/mol. The topological polar surface area (TPSA) is 96.1 Å². The number of H-pyrrole nitrogens is 1. The van der Waals surface area contributed by atoms with Gasteiger partial charge in [-0.3, -0.25) is 14.7 Å². The van der Waals surface area contributed by atoms with E-state index in [1.807, 2.05) is 0 Å². The smallest absolute Gasteiger partial charge is 0.272 e. The van der Waals surface area contributed by atoms with Gasteiger partial charge >= 0.3 is 0 Å². The molecule has 1 saturated heterocycles. The molecule has 0 spiro atoms. The van der Waals surface area contributed by atoms with Gasteiger partial charge in [0.25, 0.3) is 5.91 Å². The monoisotopic (exact) mass is 318 g/mol. The first-order valence-corrected chi connectivity index (χ1v) is 7.13. The molecular formula is C15H15FN4O3. The van der Waals surface area contributed by atoms with Crippen molar-refractivity contribution < 1.29 is 18.7 Å². The van der Waals surface area contributed by atoms with Crippen LogP contribution in [-0.4, -0.2) is 34.6 Å². The van der Waals surface area contributed by atoms with Crippen LogP contribution in [-0.2, 0) is 11.4 Å². The SMILES string of the molecule is O=C(NC1CCNC1=O)c1cc(COc2cccc(F)c2)[nH]n1. The molecule has 2 heterocycles. The first-order chi connectivity index (χ1) is 11.1. The van der Waals surface area contributed by atoms with Crippen LogP contribution in [0, 0.1) is 5.82 Å². The summed E-state index contributed by atoms with van der Waals surface area (Å²) in [5.74, 6) is -0.626. The van der Waals surface area contributed by atoms with Crippen molar-refractivity contribution in [1.82, 2.24) is 20.8 Å². The fourth-order valence-corrected chi connectivity index (χ4v) is 2.23. The number of carbonyl (C=O) groups is 2. The van der Waals surface area contributed by atoms with Crippen molar-refractivity contribution in [3.05, 3.63) is 47.5 Å². The number of benzene rings is 1. The van der Waals surface area contributed by atoms with Crippen LogP contribution >= 0.6 is 0 Å². The highest BCUT2D eigenvalue weighted by atomic mass is 19.1. The third-order valence-corrected chi connectivity index (χ3v) is 3.41. The molecule has 1 fully saturated rings. The van der Waals surface area contributed by atoms with Gasteiger partial charge in [0.1, 0.15) is 29.9 Å². The van der Waals surface area contributed by atoms with Gasteiger partial charge in [-0.15, -0.1) is 0 Å². The summed E-state index contributed by atoms with van der Waals surface area (Å²) in [6.45, 7) is 0.671. The van der Waals surface area contributed by atoms with Crippen LogP contribution in [0.4, 0.5) is 4.39 Å². The summed E-state index contributed by atoms with van der Waals surface area (Å²) in [5, 5.41) is 11.8. The van der Waals surface area contributed by atoms with Crippen molar-refractivity contribution in [3.8, 4) is 5.75 Å². The van der Waals surface area contributed by atoms with Gasteiger partial charge in [0.05, 0.1) is 5.69 Å². The summed E-state index contributed by atoms with van der Waals surface area (Å²) in [5.41, 5.74) is 0.734. The number of nitrogens with one attached hydrogen (secondary N) is 3. The quantitative estimate of drug-likeness (QED) is 0.758. The molecule has 1 aromatic heterocycles. The second kappa shape index (κ2) is 6.47. The minimum absolute atomic E-state index is 0.119. The van der Waals surface area contributed by atoms with Crippen molar-refractivity contribution in [2.45, 2.75) is 19.1 Å². The fraction of sp³-hybridized carbons (Fsp3) is 0.267. The van der Waals surface area contributed by atoms with Gasteiger partial charge in [-0.25, -0.2) is 4.39 Å². The summed E-state index contributed by atoms with van der Waals surface area (Å²) >= 11 is 0. The molecule has 7 nitrogen and oxygen atoms in total. The molecular weight excluding hydrogens is 303 g/mol. The number of halogens is 1. The molecule has 23 heavy (non-hydrogen) atoms. The molecule has 1 aliphatic heterocycles. The molecule has 120 valence electrons. The lowest BCUT2D eigenvalue weighted by Crippen LogP contribution is -2.40. The summed E-state index contributed by atoms with van der Waals surface area (Å²) in [6.07, 6.45) is 0.560. The minimum Gasteiger partial charge on any atom is -0.487 e. The number of carbonyl (C=O) groups excluding carboxylic acids is 2. The largest absolute Gasteiger partial charge is 0.487 e. The summed E-state index contributed by atoms with van der Waals surface area (Å²) in [4.78, 5) is 23.4. The molecule has 0 bridgehead atoms. The number of aromatic amines is 1. The molecule has 1 unspecified atom stereocenters. The van der Waals surface area contributed by atoms with E-state index in [9.17, 15) is 14.0 Å². The number of ether oxygens (including phenoxy) is 1. The van der Waals surface area contributed by atoms with Crippen LogP contribution in [0.5, 0.6) is 5.75 Å². The second-order valence-electron chi connectivity index (χ2n) is 5.13. The first-order valence-electron chi connectivity index (χ1n) is 7.13. The molecule has 8 heteroatoms. The highest BCUT2D eigenvalue weighted by Gasteiger charge is 2.26. The van der Waals surface area contributed by atoms with Gasteiger partial charge in [0.2, 0.25) is 5.91 Å². The lowest BCUT2D eigenvalue weighted by atomic mass is 10.2. The maximum atomic E-state index is 13.0. The van der Waals surface area contributed by atoms with E-state index in [1.165, 1.54) is 18.2 Å². The van der Waals surface area contributed by atoms with E-state index in [-0.39, 0.29) is 24.0 Å². The highest BCUT2D eigenvalue weighted by Crippen LogP contribution is 2.14. The maximum Gasteiger partial charge on any atom is 0.272 e. The van der Waals surface area contributed by atoms with Gasteiger partial charge in [-0.05, 0) is 24.6 Å². The Labute approximate surface area is 131 Å². The maximum absolute atomic E-state index is 13.0. The molecule has 1 aromatic carbocycles. The first kappa shape index (κ1) is 15.0. The van der Waals surface area contributed by atoms with Crippen LogP contribution in [0.3, 0.4) is 0 Å². The number of rotatable bonds is 5. The minimum atomic E-state index is -0.522. The molecule has 0 radical (unpaired) electrons. The lowest BCUT2D eigenvalue weighted by Gasteiger charge is -2.07. The standard InChI is InChI=1S/C15H15FN4O3/c16-9-2-1-3-11(6-9)23-8-10-7-13(20-19-10)15(22)18-12-4-5-17-14(12)21/h1-3,6-7,12H,4-5,8H2,(H,17,21)(H,18,22)(H,19,20). The zero-order chi connectivity index (χ0) is 16.2. The predicted molar refractivity (Wildman–Crippen MR) is 78.2 cm³/mol. The number of nitrogens with zero attached hydrogens (tertiary/aromatic N) is 1. The van der Waals surface area contributed by atoms with E-state index >= 15 is 0 Å². The number of amides is 2. The third kappa shape index (κ3) is 3.65. The van der Waals surface area contributed by atoms with Crippen molar-refractivity contribution in [3.63, 3.8) is 0 Å². The van der Waals surface area contributed by atoms with Gasteiger partial charge in [-0.2, -0.15) is 5.10 Å². The van der Waals surface area contributed by atoms with Gasteiger partial charge in [-0.1, -0.05) is 6.07 Å². The van der Waals surface area contributed by atoms with Crippen LogP contribution < -0.4 is 15.4 Å². The van der Waals surface area contributed by atoms with Crippen LogP contribution in [0.1, 0.15) is 22.6 Å². The second-order valence-corrected chi connectivity index (χ2v) is 5.13. The van der Waals surface area contributed by atoms with E-state index in [2.05, 4.69) is 20.8 Å². The Hall–Kier alpha value is -2.90. The molecule has 0 aliphatic carbocycles. The van der Waals surface area contributed by atoms with Crippen molar-refractivity contribution in [2.24, 2.45) is 0 Å². The summed E-state index contributed by atoms with van der Waals surface area (Å²) in [7, 11) is 0.